The highest BCUT2D eigenvalue weighted by Gasteiger charge is 2.22. The lowest BCUT2D eigenvalue weighted by atomic mass is 10.0. The maximum absolute atomic E-state index is 12.4. The highest BCUT2D eigenvalue weighted by molar-refractivity contribution is 5.95. The number of hydrogen-bond acceptors (Lipinski definition) is 3. The number of anilines is 1. The van der Waals surface area contributed by atoms with E-state index in [1.807, 2.05) is 38.6 Å². The lowest BCUT2D eigenvalue weighted by Gasteiger charge is -2.22. The number of imidazole rings is 1. The van der Waals surface area contributed by atoms with Crippen LogP contribution >= 0.6 is 0 Å². The van der Waals surface area contributed by atoms with Gasteiger partial charge in [-0.1, -0.05) is 20.8 Å². The van der Waals surface area contributed by atoms with E-state index in [0.29, 0.717) is 17.8 Å². The molecule has 0 bridgehead atoms. The van der Waals surface area contributed by atoms with Crippen molar-refractivity contribution in [2.75, 3.05) is 11.9 Å². The van der Waals surface area contributed by atoms with Crippen molar-refractivity contribution in [2.24, 2.45) is 13.0 Å². The van der Waals surface area contributed by atoms with Crippen LogP contribution in [0.2, 0.25) is 0 Å². The number of nitrogens with one attached hydrogen (secondary N) is 3. The van der Waals surface area contributed by atoms with E-state index in [1.165, 1.54) is 0 Å². The fraction of sp³-hybridized carbons (Fsp3) is 0.421. The van der Waals surface area contributed by atoms with Gasteiger partial charge in [-0.2, -0.15) is 0 Å². The summed E-state index contributed by atoms with van der Waals surface area (Å²) in [5, 5.41) is 8.58. The molecule has 0 spiro atoms. The first kappa shape index (κ1) is 19.5. The van der Waals surface area contributed by atoms with Crippen molar-refractivity contribution in [3.8, 4) is 0 Å². The molecule has 0 radical (unpaired) electrons. The van der Waals surface area contributed by atoms with Gasteiger partial charge in [0.2, 0.25) is 0 Å². The van der Waals surface area contributed by atoms with Crippen molar-refractivity contribution in [1.82, 2.24) is 20.2 Å². The highest BCUT2D eigenvalue weighted by atomic mass is 16.2. The molecule has 26 heavy (non-hydrogen) atoms. The van der Waals surface area contributed by atoms with Gasteiger partial charge in [0, 0.05) is 37.2 Å². The van der Waals surface area contributed by atoms with E-state index in [-0.39, 0.29) is 23.9 Å². The Balaban J connectivity index is 1.98. The van der Waals surface area contributed by atoms with Gasteiger partial charge in [0.25, 0.3) is 5.91 Å². The third-order valence-electron chi connectivity index (χ3n) is 4.03. The molecule has 0 aliphatic carbocycles. The van der Waals surface area contributed by atoms with Crippen molar-refractivity contribution in [3.63, 3.8) is 0 Å². The SMILES string of the molecule is CCCNC(=O)c1ccc(NC(=O)N[C@@H](c2nccn2C)C(C)C)cc1. The molecule has 0 fully saturated rings. The van der Waals surface area contributed by atoms with E-state index in [4.69, 9.17) is 0 Å². The van der Waals surface area contributed by atoms with Crippen molar-refractivity contribution in [2.45, 2.75) is 33.2 Å². The summed E-state index contributed by atoms with van der Waals surface area (Å²) in [5.41, 5.74) is 1.19. The van der Waals surface area contributed by atoms with Gasteiger partial charge in [-0.25, -0.2) is 9.78 Å². The second kappa shape index (κ2) is 9.03. The second-order valence-corrected chi connectivity index (χ2v) is 6.55. The van der Waals surface area contributed by atoms with E-state index < -0.39 is 0 Å². The fourth-order valence-corrected chi connectivity index (χ4v) is 2.56. The molecular formula is C19H27N5O2. The fourth-order valence-electron chi connectivity index (χ4n) is 2.56. The number of carbonyl (C=O) groups is 2. The van der Waals surface area contributed by atoms with Crippen LogP contribution in [-0.4, -0.2) is 28.0 Å². The number of rotatable bonds is 7. The molecule has 1 aromatic heterocycles. The van der Waals surface area contributed by atoms with Crippen LogP contribution in [0.25, 0.3) is 0 Å². The minimum atomic E-state index is -0.310. The normalized spacial score (nSPS) is 11.9. The largest absolute Gasteiger partial charge is 0.352 e. The third kappa shape index (κ3) is 5.08. The lowest BCUT2D eigenvalue weighted by Crippen LogP contribution is -2.36. The average molecular weight is 357 g/mol. The van der Waals surface area contributed by atoms with E-state index in [1.54, 1.807) is 30.5 Å². The van der Waals surface area contributed by atoms with Crippen molar-refractivity contribution < 1.29 is 9.59 Å². The van der Waals surface area contributed by atoms with Crippen LogP contribution in [0.15, 0.2) is 36.7 Å². The Kier molecular flexibility index (Phi) is 6.77. The smallest absolute Gasteiger partial charge is 0.319 e. The first-order valence-electron chi connectivity index (χ1n) is 8.85. The Bertz CT molecular complexity index is 737. The molecule has 1 atom stereocenters. The Hall–Kier alpha value is -2.83. The quantitative estimate of drug-likeness (QED) is 0.711. The topological polar surface area (TPSA) is 88.1 Å². The van der Waals surface area contributed by atoms with Gasteiger partial charge < -0.3 is 20.5 Å². The average Bonchev–Trinajstić information content (AvgIpc) is 3.03. The van der Waals surface area contributed by atoms with Crippen molar-refractivity contribution in [3.05, 3.63) is 48.0 Å². The van der Waals surface area contributed by atoms with Gasteiger partial charge in [0.15, 0.2) is 0 Å². The van der Waals surface area contributed by atoms with Crippen molar-refractivity contribution in [1.29, 1.82) is 0 Å². The first-order valence-corrected chi connectivity index (χ1v) is 8.85. The molecule has 7 heteroatoms. The molecule has 1 aromatic carbocycles. The Morgan fingerprint density at radius 3 is 2.42 bits per heavy atom. The Morgan fingerprint density at radius 1 is 1.19 bits per heavy atom. The third-order valence-corrected chi connectivity index (χ3v) is 4.03. The lowest BCUT2D eigenvalue weighted by molar-refractivity contribution is 0.0953. The van der Waals surface area contributed by atoms with Crippen molar-refractivity contribution >= 4 is 17.6 Å². The maximum Gasteiger partial charge on any atom is 0.319 e. The molecule has 7 nitrogen and oxygen atoms in total. The molecule has 2 aromatic rings. The Labute approximate surface area is 154 Å². The van der Waals surface area contributed by atoms with E-state index in [9.17, 15) is 9.59 Å². The van der Waals surface area contributed by atoms with Gasteiger partial charge in [-0.15, -0.1) is 0 Å². The van der Waals surface area contributed by atoms with E-state index in [0.717, 1.165) is 12.2 Å². The van der Waals surface area contributed by atoms with Crippen LogP contribution in [-0.2, 0) is 7.05 Å². The number of nitrogens with zero attached hydrogens (tertiary/aromatic N) is 2. The number of urea groups is 1. The number of benzene rings is 1. The second-order valence-electron chi connectivity index (χ2n) is 6.55. The van der Waals surface area contributed by atoms with Gasteiger partial charge in [-0.3, -0.25) is 4.79 Å². The molecule has 1 heterocycles. The van der Waals surface area contributed by atoms with Crippen LogP contribution in [0.5, 0.6) is 0 Å². The first-order chi connectivity index (χ1) is 12.4. The number of hydrogen-bond donors (Lipinski definition) is 3. The standard InChI is InChI=1S/C19H27N5O2/c1-5-10-21-18(25)14-6-8-15(9-7-14)22-19(26)23-16(13(2)3)17-20-11-12-24(17)4/h6-9,11-13,16H,5,10H2,1-4H3,(H,21,25)(H2,22,23,26)/t16-/m1/s1. The Morgan fingerprint density at radius 2 is 1.88 bits per heavy atom. The molecule has 0 aliphatic rings. The molecule has 3 N–H and O–H groups in total. The molecule has 0 saturated heterocycles. The molecule has 140 valence electrons. The summed E-state index contributed by atoms with van der Waals surface area (Å²) in [5.74, 6) is 0.877. The summed E-state index contributed by atoms with van der Waals surface area (Å²) in [6.07, 6.45) is 4.46. The van der Waals surface area contributed by atoms with Gasteiger partial charge >= 0.3 is 6.03 Å². The zero-order chi connectivity index (χ0) is 19.1. The maximum atomic E-state index is 12.4. The molecular weight excluding hydrogens is 330 g/mol. The summed E-state index contributed by atoms with van der Waals surface area (Å²) in [7, 11) is 1.90. The zero-order valence-corrected chi connectivity index (χ0v) is 15.7. The monoisotopic (exact) mass is 357 g/mol. The van der Waals surface area contributed by atoms with Gasteiger partial charge in [0.05, 0.1) is 6.04 Å². The molecule has 2 rings (SSSR count). The van der Waals surface area contributed by atoms with Gasteiger partial charge in [0.1, 0.15) is 5.82 Å². The zero-order valence-electron chi connectivity index (χ0n) is 15.7. The van der Waals surface area contributed by atoms with Crippen LogP contribution in [0.4, 0.5) is 10.5 Å². The molecule has 0 aliphatic heterocycles. The summed E-state index contributed by atoms with van der Waals surface area (Å²) >= 11 is 0. The van der Waals surface area contributed by atoms with Crippen LogP contribution in [0.3, 0.4) is 0 Å². The number of aromatic nitrogens is 2. The number of carbonyl (C=O) groups excluding carboxylic acids is 2. The molecule has 0 saturated carbocycles. The minimum absolute atomic E-state index is 0.113. The summed E-state index contributed by atoms with van der Waals surface area (Å²) < 4.78 is 1.90. The minimum Gasteiger partial charge on any atom is -0.352 e. The van der Waals surface area contributed by atoms with Crippen LogP contribution in [0.1, 0.15) is 49.4 Å². The summed E-state index contributed by atoms with van der Waals surface area (Å²) in [6, 6.07) is 6.31. The molecule has 3 amide bonds. The van der Waals surface area contributed by atoms with E-state index >= 15 is 0 Å². The predicted octanol–water partition coefficient (Wildman–Crippen LogP) is 3.08. The van der Waals surface area contributed by atoms with Crippen LogP contribution in [0, 0.1) is 5.92 Å². The van der Waals surface area contributed by atoms with E-state index in [2.05, 4.69) is 20.9 Å². The number of aryl methyl sites for hydroxylation is 1. The van der Waals surface area contributed by atoms with Gasteiger partial charge in [-0.05, 0) is 36.6 Å². The molecule has 0 unspecified atom stereocenters. The predicted molar refractivity (Wildman–Crippen MR) is 102 cm³/mol. The number of amides is 3. The summed E-state index contributed by atoms with van der Waals surface area (Å²) in [6.45, 7) is 6.71. The summed E-state index contributed by atoms with van der Waals surface area (Å²) in [4.78, 5) is 28.6. The van der Waals surface area contributed by atoms with Crippen LogP contribution < -0.4 is 16.0 Å². The highest BCUT2D eigenvalue weighted by Crippen LogP contribution is 2.20.